The third-order valence-electron chi connectivity index (χ3n) is 5.54. The third-order valence-corrected chi connectivity index (χ3v) is 5.54. The van der Waals surface area contributed by atoms with Gasteiger partial charge in [-0.15, -0.1) is 0 Å². The summed E-state index contributed by atoms with van der Waals surface area (Å²) in [5, 5.41) is 15.2. The van der Waals surface area contributed by atoms with Gasteiger partial charge in [0.25, 0.3) is 5.78 Å². The molecule has 1 N–H and O–H groups in total. The summed E-state index contributed by atoms with van der Waals surface area (Å²) in [4.78, 5) is 27.7. The van der Waals surface area contributed by atoms with Gasteiger partial charge in [0.1, 0.15) is 34.8 Å². The molecule has 9 heteroatoms. The average Bonchev–Trinajstić information content (AvgIpc) is 3.38. The number of amides is 1. The van der Waals surface area contributed by atoms with Gasteiger partial charge in [0.05, 0.1) is 25.9 Å². The van der Waals surface area contributed by atoms with E-state index in [4.69, 9.17) is 18.7 Å². The van der Waals surface area contributed by atoms with Gasteiger partial charge in [0, 0.05) is 17.2 Å². The Morgan fingerprint density at radius 3 is 2.29 bits per heavy atom. The van der Waals surface area contributed by atoms with Crippen LogP contribution in [0.4, 0.5) is 5.82 Å². The Hall–Kier alpha value is -4.27. The number of nitrogens with zero attached hydrogens (tertiary/aromatic N) is 2. The molecule has 1 atom stereocenters. The zero-order valence-electron chi connectivity index (χ0n) is 20.1. The predicted molar refractivity (Wildman–Crippen MR) is 128 cm³/mol. The second kappa shape index (κ2) is 9.54. The number of aliphatic hydroxyl groups excluding tert-OH is 1. The first-order valence-corrected chi connectivity index (χ1v) is 11.0. The van der Waals surface area contributed by atoms with Crippen molar-refractivity contribution in [3.05, 3.63) is 71.0 Å². The number of hydrogen-bond donors (Lipinski definition) is 1. The highest BCUT2D eigenvalue weighted by Gasteiger charge is 2.49. The van der Waals surface area contributed by atoms with Crippen molar-refractivity contribution in [2.24, 2.45) is 0 Å². The van der Waals surface area contributed by atoms with Crippen molar-refractivity contribution in [2.75, 3.05) is 19.1 Å². The molecule has 0 unspecified atom stereocenters. The Morgan fingerprint density at radius 1 is 1.03 bits per heavy atom. The van der Waals surface area contributed by atoms with Crippen LogP contribution in [-0.2, 0) is 9.59 Å². The molecular formula is C26H26N2O7. The highest BCUT2D eigenvalue weighted by molar-refractivity contribution is 6.51. The Morgan fingerprint density at radius 2 is 1.71 bits per heavy atom. The second-order valence-corrected chi connectivity index (χ2v) is 8.26. The second-order valence-electron chi connectivity index (χ2n) is 8.26. The number of aliphatic hydroxyl groups is 1. The fourth-order valence-electron chi connectivity index (χ4n) is 4.00. The number of Topliss-reactive ketones (excluding diaryl/α,β-unsaturated/α-hetero) is 1. The maximum absolute atomic E-state index is 13.3. The van der Waals surface area contributed by atoms with Crippen LogP contribution in [0, 0.1) is 6.92 Å². The van der Waals surface area contributed by atoms with Gasteiger partial charge in [-0.25, -0.2) is 0 Å². The minimum absolute atomic E-state index is 0.0220. The summed E-state index contributed by atoms with van der Waals surface area (Å²) < 4.78 is 21.7. The van der Waals surface area contributed by atoms with Gasteiger partial charge in [0.2, 0.25) is 0 Å². The number of rotatable bonds is 7. The summed E-state index contributed by atoms with van der Waals surface area (Å²) in [5.74, 6) is 0.0405. The van der Waals surface area contributed by atoms with E-state index in [0.29, 0.717) is 34.1 Å². The van der Waals surface area contributed by atoms with E-state index in [1.165, 1.54) is 19.1 Å². The molecule has 1 aromatic heterocycles. The Labute approximate surface area is 202 Å². The molecule has 0 spiro atoms. The molecule has 1 aliphatic rings. The Balaban J connectivity index is 1.93. The molecular weight excluding hydrogens is 452 g/mol. The SMILES string of the molecule is COc1ccc(OC)c([C@@H]2/C(=C(\O)c3ccc(OC(C)C)cc3)C(=O)C(=O)N2c2cc(C)on2)c1. The summed E-state index contributed by atoms with van der Waals surface area (Å²) in [6.07, 6.45) is -0.0220. The van der Waals surface area contributed by atoms with Gasteiger partial charge in [-0.2, -0.15) is 0 Å². The number of aryl methyl sites for hydroxylation is 1. The van der Waals surface area contributed by atoms with E-state index in [2.05, 4.69) is 5.16 Å². The van der Waals surface area contributed by atoms with Gasteiger partial charge in [-0.3, -0.25) is 14.5 Å². The Kier molecular flexibility index (Phi) is 6.50. The van der Waals surface area contributed by atoms with Crippen molar-refractivity contribution in [2.45, 2.75) is 32.9 Å². The number of carbonyl (C=O) groups is 2. The molecule has 1 amide bonds. The minimum Gasteiger partial charge on any atom is -0.507 e. The van der Waals surface area contributed by atoms with Crippen molar-refractivity contribution in [1.29, 1.82) is 0 Å². The van der Waals surface area contributed by atoms with Crippen molar-refractivity contribution in [1.82, 2.24) is 5.16 Å². The van der Waals surface area contributed by atoms with Crippen LogP contribution in [0.2, 0.25) is 0 Å². The third kappa shape index (κ3) is 4.44. The molecule has 1 fully saturated rings. The molecule has 0 aliphatic carbocycles. The highest BCUT2D eigenvalue weighted by atomic mass is 16.5. The lowest BCUT2D eigenvalue weighted by atomic mass is 9.94. The fraction of sp³-hybridized carbons (Fsp3) is 0.269. The normalized spacial score (nSPS) is 17.2. The molecule has 1 saturated heterocycles. The number of hydrogen-bond acceptors (Lipinski definition) is 8. The number of ether oxygens (including phenoxy) is 3. The molecule has 182 valence electrons. The van der Waals surface area contributed by atoms with Crippen molar-refractivity contribution >= 4 is 23.3 Å². The molecule has 2 heterocycles. The van der Waals surface area contributed by atoms with E-state index < -0.39 is 17.7 Å². The molecule has 0 saturated carbocycles. The summed E-state index contributed by atoms with van der Waals surface area (Å²) in [7, 11) is 2.98. The van der Waals surface area contributed by atoms with E-state index >= 15 is 0 Å². The van der Waals surface area contributed by atoms with Crippen molar-refractivity contribution in [3.63, 3.8) is 0 Å². The quantitative estimate of drug-likeness (QED) is 0.302. The summed E-state index contributed by atoms with van der Waals surface area (Å²) in [5.41, 5.74) is 0.676. The summed E-state index contributed by atoms with van der Waals surface area (Å²) in [6.45, 7) is 5.49. The number of carbonyl (C=O) groups excluding carboxylic acids is 2. The van der Waals surface area contributed by atoms with Crippen LogP contribution in [0.5, 0.6) is 17.2 Å². The van der Waals surface area contributed by atoms with Crippen LogP contribution < -0.4 is 19.1 Å². The van der Waals surface area contributed by atoms with E-state index in [-0.39, 0.29) is 23.3 Å². The van der Waals surface area contributed by atoms with E-state index in [1.807, 2.05) is 13.8 Å². The smallest absolute Gasteiger partial charge is 0.301 e. The summed E-state index contributed by atoms with van der Waals surface area (Å²) >= 11 is 0. The number of anilines is 1. The van der Waals surface area contributed by atoms with Crippen molar-refractivity contribution in [3.8, 4) is 17.2 Å². The molecule has 9 nitrogen and oxygen atoms in total. The molecule has 1 aliphatic heterocycles. The number of ketones is 1. The number of benzene rings is 2. The lowest BCUT2D eigenvalue weighted by molar-refractivity contribution is -0.132. The molecule has 4 rings (SSSR count). The highest BCUT2D eigenvalue weighted by Crippen LogP contribution is 2.45. The molecule has 35 heavy (non-hydrogen) atoms. The lowest BCUT2D eigenvalue weighted by Crippen LogP contribution is -2.30. The van der Waals surface area contributed by atoms with E-state index in [0.717, 1.165) is 0 Å². The van der Waals surface area contributed by atoms with Crippen molar-refractivity contribution < 1.29 is 33.4 Å². The Bertz CT molecular complexity index is 1290. The standard InChI is InChI=1S/C26H26N2O7/c1-14(2)34-17-8-6-16(7-9-17)24(29)22-23(19-13-18(32-4)10-11-20(19)33-5)28(26(31)25(22)30)21-12-15(3)35-27-21/h6-14,23,29H,1-5H3/b24-22+/t23-/m1/s1. The monoisotopic (exact) mass is 478 g/mol. The van der Waals surface area contributed by atoms with Crippen LogP contribution in [0.15, 0.2) is 58.6 Å². The fourth-order valence-corrected chi connectivity index (χ4v) is 4.00. The van der Waals surface area contributed by atoms with Crippen LogP contribution in [0.3, 0.4) is 0 Å². The van der Waals surface area contributed by atoms with Crippen LogP contribution in [0.1, 0.15) is 36.8 Å². The van der Waals surface area contributed by atoms with Gasteiger partial charge in [-0.1, -0.05) is 5.16 Å². The average molecular weight is 479 g/mol. The minimum atomic E-state index is -1.05. The first-order chi connectivity index (χ1) is 16.7. The number of methoxy groups -OCH3 is 2. The zero-order valence-corrected chi connectivity index (χ0v) is 20.1. The van der Waals surface area contributed by atoms with Gasteiger partial charge in [0.15, 0.2) is 5.82 Å². The maximum Gasteiger partial charge on any atom is 0.301 e. The largest absolute Gasteiger partial charge is 0.507 e. The maximum atomic E-state index is 13.3. The molecule has 0 bridgehead atoms. The topological polar surface area (TPSA) is 111 Å². The van der Waals surface area contributed by atoms with E-state index in [9.17, 15) is 14.7 Å². The van der Waals surface area contributed by atoms with Gasteiger partial charge < -0.3 is 23.8 Å². The van der Waals surface area contributed by atoms with Crippen LogP contribution >= 0.6 is 0 Å². The van der Waals surface area contributed by atoms with Crippen LogP contribution in [0.25, 0.3) is 5.76 Å². The lowest BCUT2D eigenvalue weighted by Gasteiger charge is -2.24. The van der Waals surface area contributed by atoms with Gasteiger partial charge in [-0.05, 0) is 63.2 Å². The van der Waals surface area contributed by atoms with Gasteiger partial charge >= 0.3 is 5.91 Å². The van der Waals surface area contributed by atoms with Crippen LogP contribution in [-0.4, -0.2) is 42.3 Å². The summed E-state index contributed by atoms with van der Waals surface area (Å²) in [6, 6.07) is 12.1. The molecule has 0 radical (unpaired) electrons. The molecule has 2 aromatic carbocycles. The predicted octanol–water partition coefficient (Wildman–Crippen LogP) is 4.41. The first kappa shape index (κ1) is 23.9. The number of aromatic nitrogens is 1. The van der Waals surface area contributed by atoms with E-state index in [1.54, 1.807) is 55.5 Å². The first-order valence-electron chi connectivity index (χ1n) is 11.0. The zero-order chi connectivity index (χ0) is 25.3. The molecule has 3 aromatic rings.